The van der Waals surface area contributed by atoms with Gasteiger partial charge in [0.2, 0.25) is 5.88 Å². The number of hydrogen-bond acceptors (Lipinski definition) is 2. The van der Waals surface area contributed by atoms with Gasteiger partial charge in [0.25, 0.3) is 0 Å². The van der Waals surface area contributed by atoms with Gasteiger partial charge in [-0.1, -0.05) is 20.8 Å². The van der Waals surface area contributed by atoms with Gasteiger partial charge in [-0.15, -0.1) is 0 Å². The summed E-state index contributed by atoms with van der Waals surface area (Å²) in [7, 11) is 0. The fourth-order valence-corrected chi connectivity index (χ4v) is 1.55. The molecule has 13 heavy (non-hydrogen) atoms. The third-order valence-corrected chi connectivity index (χ3v) is 2.23. The van der Waals surface area contributed by atoms with Crippen molar-refractivity contribution < 1.29 is 5.11 Å². The number of nitrogens with zero attached hydrogens (tertiary/aromatic N) is 2. The van der Waals surface area contributed by atoms with Crippen molar-refractivity contribution in [2.75, 3.05) is 0 Å². The molecule has 1 rings (SSSR count). The van der Waals surface area contributed by atoms with E-state index < -0.39 is 0 Å². The van der Waals surface area contributed by atoms with Crippen molar-refractivity contribution in [3.63, 3.8) is 0 Å². The fraction of sp³-hybridized carbons (Fsp3) is 0.700. The second-order valence-electron chi connectivity index (χ2n) is 3.18. The Morgan fingerprint density at radius 1 is 1.23 bits per heavy atom. The quantitative estimate of drug-likeness (QED) is 0.774. The maximum atomic E-state index is 9.77. The van der Waals surface area contributed by atoms with Crippen LogP contribution >= 0.6 is 0 Å². The first-order chi connectivity index (χ1) is 6.24. The van der Waals surface area contributed by atoms with Crippen molar-refractivity contribution >= 4 is 0 Å². The van der Waals surface area contributed by atoms with Gasteiger partial charge >= 0.3 is 0 Å². The monoisotopic (exact) mass is 182 g/mol. The molecule has 0 fully saturated rings. The normalized spacial score (nSPS) is 10.7. The summed E-state index contributed by atoms with van der Waals surface area (Å²) in [5.41, 5.74) is 2.05. The van der Waals surface area contributed by atoms with Crippen LogP contribution in [-0.4, -0.2) is 14.9 Å². The molecule has 0 unspecified atom stereocenters. The molecule has 3 heteroatoms. The van der Waals surface area contributed by atoms with Gasteiger partial charge < -0.3 is 5.11 Å². The van der Waals surface area contributed by atoms with Gasteiger partial charge in [0, 0.05) is 12.1 Å². The molecule has 3 nitrogen and oxygen atoms in total. The van der Waals surface area contributed by atoms with E-state index in [1.54, 1.807) is 4.68 Å². The van der Waals surface area contributed by atoms with Crippen molar-refractivity contribution in [3.05, 3.63) is 11.3 Å². The van der Waals surface area contributed by atoms with Gasteiger partial charge in [0.15, 0.2) is 0 Å². The van der Waals surface area contributed by atoms with Gasteiger partial charge in [0.1, 0.15) is 0 Å². The predicted octanol–water partition coefficient (Wildman–Crippen LogP) is 2.12. The topological polar surface area (TPSA) is 38.0 Å². The van der Waals surface area contributed by atoms with E-state index in [2.05, 4.69) is 18.9 Å². The maximum Gasteiger partial charge on any atom is 0.212 e. The van der Waals surface area contributed by atoms with Crippen LogP contribution in [0.5, 0.6) is 5.88 Å². The highest BCUT2D eigenvalue weighted by Crippen LogP contribution is 2.22. The van der Waals surface area contributed by atoms with E-state index in [4.69, 9.17) is 0 Å². The number of aromatic nitrogens is 2. The van der Waals surface area contributed by atoms with Crippen molar-refractivity contribution in [1.82, 2.24) is 9.78 Å². The van der Waals surface area contributed by atoms with Crippen LogP contribution in [0, 0.1) is 0 Å². The Morgan fingerprint density at radius 2 is 1.92 bits per heavy atom. The third kappa shape index (κ3) is 1.85. The molecule has 0 radical (unpaired) electrons. The molecule has 1 heterocycles. The number of aryl methyl sites for hydroxylation is 2. The van der Waals surface area contributed by atoms with Crippen molar-refractivity contribution in [1.29, 1.82) is 0 Å². The summed E-state index contributed by atoms with van der Waals surface area (Å²) >= 11 is 0. The third-order valence-electron chi connectivity index (χ3n) is 2.23. The van der Waals surface area contributed by atoms with Crippen LogP contribution < -0.4 is 0 Å². The largest absolute Gasteiger partial charge is 0.493 e. The van der Waals surface area contributed by atoms with E-state index in [-0.39, 0.29) is 0 Å². The average Bonchev–Trinajstić information content (AvgIpc) is 2.44. The highest BCUT2D eigenvalue weighted by Gasteiger charge is 2.12. The summed E-state index contributed by atoms with van der Waals surface area (Å²) in [6.07, 6.45) is 2.76. The molecule has 0 atom stereocenters. The van der Waals surface area contributed by atoms with Crippen LogP contribution in [0.15, 0.2) is 0 Å². The van der Waals surface area contributed by atoms with E-state index >= 15 is 0 Å². The van der Waals surface area contributed by atoms with Gasteiger partial charge in [-0.05, 0) is 19.3 Å². The lowest BCUT2D eigenvalue weighted by Gasteiger charge is -1.99. The van der Waals surface area contributed by atoms with E-state index in [0.29, 0.717) is 5.88 Å². The average molecular weight is 182 g/mol. The van der Waals surface area contributed by atoms with Crippen molar-refractivity contribution in [2.24, 2.45) is 0 Å². The lowest BCUT2D eigenvalue weighted by atomic mass is 10.1. The van der Waals surface area contributed by atoms with Crippen molar-refractivity contribution in [3.8, 4) is 5.88 Å². The minimum absolute atomic E-state index is 0.362. The molecular weight excluding hydrogens is 164 g/mol. The summed E-state index contributed by atoms with van der Waals surface area (Å²) in [5.74, 6) is 0.362. The highest BCUT2D eigenvalue weighted by atomic mass is 16.3. The molecule has 1 N–H and O–H groups in total. The molecule has 0 aliphatic carbocycles. The van der Waals surface area contributed by atoms with Gasteiger partial charge in [-0.25, -0.2) is 4.68 Å². The van der Waals surface area contributed by atoms with Gasteiger partial charge in [0.05, 0.1) is 5.69 Å². The predicted molar refractivity (Wildman–Crippen MR) is 52.9 cm³/mol. The Labute approximate surface area is 79.4 Å². The molecule has 0 spiro atoms. The van der Waals surface area contributed by atoms with E-state index in [1.807, 2.05) is 6.92 Å². The summed E-state index contributed by atoms with van der Waals surface area (Å²) in [6, 6.07) is 0. The molecular formula is C10H18N2O. The molecule has 1 aromatic heterocycles. The van der Waals surface area contributed by atoms with Crippen LogP contribution in [-0.2, 0) is 19.4 Å². The second-order valence-corrected chi connectivity index (χ2v) is 3.18. The minimum atomic E-state index is 0.362. The molecule has 0 amide bonds. The molecule has 74 valence electrons. The van der Waals surface area contributed by atoms with Crippen LogP contribution in [0.1, 0.15) is 38.4 Å². The van der Waals surface area contributed by atoms with Crippen LogP contribution in [0.2, 0.25) is 0 Å². The van der Waals surface area contributed by atoms with Gasteiger partial charge in [-0.2, -0.15) is 5.10 Å². The summed E-state index contributed by atoms with van der Waals surface area (Å²) in [4.78, 5) is 0. The van der Waals surface area contributed by atoms with Crippen molar-refractivity contribution in [2.45, 2.75) is 46.6 Å². The van der Waals surface area contributed by atoms with E-state index in [9.17, 15) is 5.11 Å². The lowest BCUT2D eigenvalue weighted by molar-refractivity contribution is 0.393. The Bertz CT molecular complexity index is 279. The first kappa shape index (κ1) is 10.1. The highest BCUT2D eigenvalue weighted by molar-refractivity contribution is 5.30. The number of hydrogen-bond donors (Lipinski definition) is 1. The lowest BCUT2D eigenvalue weighted by Crippen LogP contribution is -1.98. The first-order valence-corrected chi connectivity index (χ1v) is 5.02. The molecule has 0 aliphatic rings. The Morgan fingerprint density at radius 3 is 2.31 bits per heavy atom. The zero-order chi connectivity index (χ0) is 9.84. The van der Waals surface area contributed by atoms with Crippen LogP contribution in [0.4, 0.5) is 0 Å². The molecule has 1 aromatic rings. The first-order valence-electron chi connectivity index (χ1n) is 5.02. The Balaban J connectivity index is 3.03. The molecule has 0 bridgehead atoms. The standard InChI is InChI=1S/C10H18N2O/c1-4-7-12-10(13)8(5-2)9(6-3)11-12/h13H,4-7H2,1-3H3. The summed E-state index contributed by atoms with van der Waals surface area (Å²) in [5, 5.41) is 14.1. The SMILES string of the molecule is CCCn1nc(CC)c(CC)c1O. The molecule has 0 aliphatic heterocycles. The van der Waals surface area contributed by atoms with E-state index in [1.165, 1.54) is 0 Å². The molecule has 0 saturated heterocycles. The molecule has 0 aromatic carbocycles. The zero-order valence-corrected chi connectivity index (χ0v) is 8.67. The smallest absolute Gasteiger partial charge is 0.212 e. The Kier molecular flexibility index (Phi) is 3.34. The molecule has 0 saturated carbocycles. The fourth-order valence-electron chi connectivity index (χ4n) is 1.55. The number of aromatic hydroxyl groups is 1. The summed E-state index contributed by atoms with van der Waals surface area (Å²) < 4.78 is 1.71. The minimum Gasteiger partial charge on any atom is -0.493 e. The van der Waals surface area contributed by atoms with Crippen LogP contribution in [0.3, 0.4) is 0 Å². The zero-order valence-electron chi connectivity index (χ0n) is 8.67. The summed E-state index contributed by atoms with van der Waals surface area (Å²) in [6.45, 7) is 7.00. The van der Waals surface area contributed by atoms with Crippen LogP contribution in [0.25, 0.3) is 0 Å². The van der Waals surface area contributed by atoms with E-state index in [0.717, 1.165) is 37.1 Å². The Hall–Kier alpha value is -0.990. The second kappa shape index (κ2) is 4.30. The van der Waals surface area contributed by atoms with Gasteiger partial charge in [-0.3, -0.25) is 0 Å². The maximum absolute atomic E-state index is 9.77. The number of rotatable bonds is 4.